The van der Waals surface area contributed by atoms with E-state index in [1.165, 1.54) is 17.0 Å². The van der Waals surface area contributed by atoms with Gasteiger partial charge < -0.3 is 14.7 Å². The quantitative estimate of drug-likeness (QED) is 0.320. The highest BCUT2D eigenvalue weighted by Gasteiger charge is 2.46. The van der Waals surface area contributed by atoms with E-state index in [9.17, 15) is 19.1 Å². The molecule has 4 rings (SSSR count). The number of carbonyl (C=O) groups is 2. The maximum absolute atomic E-state index is 14.8. The van der Waals surface area contributed by atoms with E-state index in [0.717, 1.165) is 5.56 Å². The minimum absolute atomic E-state index is 0.123. The number of ether oxygens (including phenoxy) is 1. The number of halogens is 1. The van der Waals surface area contributed by atoms with Gasteiger partial charge >= 0.3 is 0 Å². The number of aliphatic hydroxyl groups is 1. The molecule has 1 N–H and O–H groups in total. The number of hydrogen-bond acceptors (Lipinski definition) is 4. The standard InChI is InChI=1S/C27H24FNO4/c1-2-33-20-14-12-19(13-15-20)25(30)23-24(21-10-6-7-11-22(21)28)29(27(32)26(23)31)17-16-18-8-4-3-5-9-18/h3-15,24,30H,2,16-17H2,1H3. The molecule has 3 aromatic rings. The van der Waals surface area contributed by atoms with Crippen molar-refractivity contribution in [2.24, 2.45) is 0 Å². The maximum Gasteiger partial charge on any atom is 0.295 e. The number of carbonyl (C=O) groups excluding carboxylic acids is 2. The second-order valence-electron chi connectivity index (χ2n) is 7.71. The van der Waals surface area contributed by atoms with E-state index in [1.807, 2.05) is 37.3 Å². The fourth-order valence-corrected chi connectivity index (χ4v) is 4.06. The Bertz CT molecular complexity index is 1190. The van der Waals surface area contributed by atoms with Gasteiger partial charge in [-0.25, -0.2) is 4.39 Å². The molecule has 1 amide bonds. The van der Waals surface area contributed by atoms with Crippen molar-refractivity contribution in [3.05, 3.63) is 107 Å². The lowest BCUT2D eigenvalue weighted by Gasteiger charge is -2.25. The number of likely N-dealkylation sites (tertiary alicyclic amines) is 1. The monoisotopic (exact) mass is 445 g/mol. The van der Waals surface area contributed by atoms with Gasteiger partial charge in [-0.1, -0.05) is 48.5 Å². The van der Waals surface area contributed by atoms with Gasteiger partial charge in [-0.3, -0.25) is 9.59 Å². The topological polar surface area (TPSA) is 66.8 Å². The first kappa shape index (κ1) is 22.3. The summed E-state index contributed by atoms with van der Waals surface area (Å²) in [5, 5.41) is 11.1. The van der Waals surface area contributed by atoms with Gasteiger partial charge in [0.2, 0.25) is 0 Å². The smallest absolute Gasteiger partial charge is 0.295 e. The predicted molar refractivity (Wildman–Crippen MR) is 123 cm³/mol. The molecule has 1 saturated heterocycles. The third-order valence-electron chi connectivity index (χ3n) is 5.66. The number of Topliss-reactive ketones (excluding diaryl/α,β-unsaturated/α-hetero) is 1. The summed E-state index contributed by atoms with van der Waals surface area (Å²) in [5.74, 6) is -1.86. The molecule has 3 aromatic carbocycles. The number of ketones is 1. The average Bonchev–Trinajstić information content (AvgIpc) is 3.08. The van der Waals surface area contributed by atoms with Gasteiger partial charge in [-0.05, 0) is 49.2 Å². The SMILES string of the molecule is CCOc1ccc(C(O)=C2C(=O)C(=O)N(CCc3ccccc3)C2c2ccccc2F)cc1. The van der Waals surface area contributed by atoms with Crippen molar-refractivity contribution >= 4 is 17.4 Å². The van der Waals surface area contributed by atoms with Gasteiger partial charge in [0.15, 0.2) is 0 Å². The van der Waals surface area contributed by atoms with E-state index in [2.05, 4.69) is 0 Å². The minimum Gasteiger partial charge on any atom is -0.507 e. The van der Waals surface area contributed by atoms with Gasteiger partial charge in [0.05, 0.1) is 18.2 Å². The summed E-state index contributed by atoms with van der Waals surface area (Å²) in [6, 6.07) is 21.1. The summed E-state index contributed by atoms with van der Waals surface area (Å²) in [4.78, 5) is 27.4. The molecule has 0 aromatic heterocycles. The first-order valence-electron chi connectivity index (χ1n) is 10.8. The number of hydrogen-bond donors (Lipinski definition) is 1. The van der Waals surface area contributed by atoms with Crippen LogP contribution in [0.2, 0.25) is 0 Å². The zero-order valence-corrected chi connectivity index (χ0v) is 18.2. The van der Waals surface area contributed by atoms with Gasteiger partial charge in [-0.2, -0.15) is 0 Å². The lowest BCUT2D eigenvalue weighted by molar-refractivity contribution is -0.139. The van der Waals surface area contributed by atoms with Crippen molar-refractivity contribution in [2.45, 2.75) is 19.4 Å². The highest BCUT2D eigenvalue weighted by atomic mass is 19.1. The highest BCUT2D eigenvalue weighted by Crippen LogP contribution is 2.40. The summed E-state index contributed by atoms with van der Waals surface area (Å²) in [6.45, 7) is 2.55. The summed E-state index contributed by atoms with van der Waals surface area (Å²) in [7, 11) is 0. The maximum atomic E-state index is 14.8. The van der Waals surface area contributed by atoms with Crippen LogP contribution in [0.5, 0.6) is 5.75 Å². The molecule has 6 heteroatoms. The van der Waals surface area contributed by atoms with Crippen molar-refractivity contribution in [1.82, 2.24) is 4.90 Å². The lowest BCUT2D eigenvalue weighted by atomic mass is 9.94. The number of rotatable bonds is 7. The highest BCUT2D eigenvalue weighted by molar-refractivity contribution is 6.46. The molecular weight excluding hydrogens is 421 g/mol. The summed E-state index contributed by atoms with van der Waals surface area (Å²) < 4.78 is 20.3. The summed E-state index contributed by atoms with van der Waals surface area (Å²) in [5.41, 5.74) is 1.37. The van der Waals surface area contributed by atoms with Crippen molar-refractivity contribution in [3.63, 3.8) is 0 Å². The third kappa shape index (κ3) is 4.51. The van der Waals surface area contributed by atoms with Crippen LogP contribution in [0.1, 0.15) is 29.7 Å². The molecule has 1 heterocycles. The molecule has 5 nitrogen and oxygen atoms in total. The Labute approximate surface area is 191 Å². The third-order valence-corrected chi connectivity index (χ3v) is 5.66. The molecule has 33 heavy (non-hydrogen) atoms. The number of nitrogens with zero attached hydrogens (tertiary/aromatic N) is 1. The van der Waals surface area contributed by atoms with Crippen LogP contribution in [0.25, 0.3) is 5.76 Å². The Balaban J connectivity index is 1.77. The predicted octanol–water partition coefficient (Wildman–Crippen LogP) is 4.89. The second-order valence-corrected chi connectivity index (χ2v) is 7.71. The molecule has 0 radical (unpaired) electrons. The largest absolute Gasteiger partial charge is 0.507 e. The molecule has 1 unspecified atom stereocenters. The summed E-state index contributed by atoms with van der Waals surface area (Å²) in [6.07, 6.45) is 0.488. The second kappa shape index (κ2) is 9.69. The molecule has 1 fully saturated rings. The first-order valence-corrected chi connectivity index (χ1v) is 10.8. The van der Waals surface area contributed by atoms with Crippen molar-refractivity contribution in [2.75, 3.05) is 13.2 Å². The van der Waals surface area contributed by atoms with Gasteiger partial charge in [-0.15, -0.1) is 0 Å². The Morgan fingerprint density at radius 1 is 0.970 bits per heavy atom. The average molecular weight is 445 g/mol. The Morgan fingerprint density at radius 3 is 2.30 bits per heavy atom. The van der Waals surface area contributed by atoms with Gasteiger partial charge in [0, 0.05) is 17.7 Å². The summed E-state index contributed by atoms with van der Waals surface area (Å²) >= 11 is 0. The normalized spacial score (nSPS) is 17.4. The molecule has 0 saturated carbocycles. The van der Waals surface area contributed by atoms with E-state index in [0.29, 0.717) is 24.3 Å². The van der Waals surface area contributed by atoms with Crippen LogP contribution in [0.4, 0.5) is 4.39 Å². The van der Waals surface area contributed by atoms with E-state index in [-0.39, 0.29) is 23.4 Å². The van der Waals surface area contributed by atoms with Gasteiger partial charge in [0.1, 0.15) is 17.3 Å². The fraction of sp³-hybridized carbons (Fsp3) is 0.185. The Hall–Kier alpha value is -3.93. The minimum atomic E-state index is -1.03. The van der Waals surface area contributed by atoms with Crippen molar-refractivity contribution in [1.29, 1.82) is 0 Å². The van der Waals surface area contributed by atoms with E-state index in [4.69, 9.17) is 4.74 Å². The molecule has 168 valence electrons. The molecule has 1 aliphatic rings. The van der Waals surface area contributed by atoms with Crippen LogP contribution >= 0.6 is 0 Å². The van der Waals surface area contributed by atoms with Crippen LogP contribution in [0.15, 0.2) is 84.4 Å². The first-order chi connectivity index (χ1) is 16.0. The molecule has 0 aliphatic carbocycles. The molecular formula is C27H24FNO4. The van der Waals surface area contributed by atoms with Crippen LogP contribution in [0.3, 0.4) is 0 Å². The van der Waals surface area contributed by atoms with E-state index < -0.39 is 23.5 Å². The number of aliphatic hydroxyl groups excluding tert-OH is 1. The zero-order chi connectivity index (χ0) is 23.4. The molecule has 0 bridgehead atoms. The fourth-order valence-electron chi connectivity index (χ4n) is 4.06. The van der Waals surface area contributed by atoms with Crippen molar-refractivity contribution < 1.29 is 23.8 Å². The van der Waals surface area contributed by atoms with E-state index >= 15 is 0 Å². The number of amides is 1. The van der Waals surface area contributed by atoms with Crippen LogP contribution in [-0.4, -0.2) is 34.8 Å². The zero-order valence-electron chi connectivity index (χ0n) is 18.2. The van der Waals surface area contributed by atoms with Gasteiger partial charge in [0.25, 0.3) is 11.7 Å². The molecule has 0 spiro atoms. The molecule has 1 aliphatic heterocycles. The van der Waals surface area contributed by atoms with E-state index in [1.54, 1.807) is 36.4 Å². The number of benzene rings is 3. The lowest BCUT2D eigenvalue weighted by Crippen LogP contribution is -2.32. The van der Waals surface area contributed by atoms with Crippen molar-refractivity contribution in [3.8, 4) is 5.75 Å². The van der Waals surface area contributed by atoms with Crippen LogP contribution < -0.4 is 4.74 Å². The van der Waals surface area contributed by atoms with Crippen LogP contribution in [-0.2, 0) is 16.0 Å². The van der Waals surface area contributed by atoms with Crippen LogP contribution in [0, 0.1) is 5.82 Å². The molecule has 1 atom stereocenters. The Morgan fingerprint density at radius 2 is 1.64 bits per heavy atom. The Kier molecular flexibility index (Phi) is 6.54.